The third-order valence-electron chi connectivity index (χ3n) is 5.57. The van der Waals surface area contributed by atoms with Crippen LogP contribution >= 0.6 is 0 Å². The van der Waals surface area contributed by atoms with Crippen molar-refractivity contribution in [2.45, 2.75) is 38.5 Å². The first-order valence-corrected chi connectivity index (χ1v) is 10.4. The van der Waals surface area contributed by atoms with Gasteiger partial charge in [0.15, 0.2) is 0 Å². The van der Waals surface area contributed by atoms with Crippen molar-refractivity contribution in [2.75, 3.05) is 13.1 Å². The molecule has 1 aliphatic rings. The first kappa shape index (κ1) is 19.3. The molecule has 0 saturated carbocycles. The first-order valence-electron chi connectivity index (χ1n) is 10.4. The van der Waals surface area contributed by atoms with Gasteiger partial charge < -0.3 is 4.90 Å². The minimum Gasteiger partial charge on any atom is -0.342 e. The number of piperidine rings is 1. The fourth-order valence-corrected chi connectivity index (χ4v) is 4.09. The minimum atomic E-state index is 0.179. The summed E-state index contributed by atoms with van der Waals surface area (Å²) in [6.07, 6.45) is 6.87. The number of amides is 1. The normalized spacial score (nSPS) is 16.6. The molecule has 4 nitrogen and oxygen atoms in total. The lowest BCUT2D eigenvalue weighted by molar-refractivity contribution is -0.131. The highest BCUT2D eigenvalue weighted by atomic mass is 16.2. The molecule has 0 radical (unpaired) electrons. The van der Waals surface area contributed by atoms with Crippen LogP contribution in [0.25, 0.3) is 0 Å². The second-order valence-electron chi connectivity index (χ2n) is 7.94. The molecule has 0 aliphatic carbocycles. The molecule has 1 amide bonds. The topological polar surface area (TPSA) is 46.1 Å². The van der Waals surface area contributed by atoms with Crippen molar-refractivity contribution in [3.8, 4) is 0 Å². The van der Waals surface area contributed by atoms with E-state index in [4.69, 9.17) is 4.98 Å². The lowest BCUT2D eigenvalue weighted by Gasteiger charge is -2.32. The number of carbonyl (C=O) groups excluding carboxylic acids is 1. The van der Waals surface area contributed by atoms with Gasteiger partial charge in [0.2, 0.25) is 5.91 Å². The van der Waals surface area contributed by atoms with Crippen LogP contribution in [0.1, 0.15) is 46.8 Å². The van der Waals surface area contributed by atoms with E-state index in [9.17, 15) is 4.79 Å². The predicted molar refractivity (Wildman–Crippen MR) is 115 cm³/mol. The number of likely N-dealkylation sites (tertiary alicyclic amines) is 1. The van der Waals surface area contributed by atoms with Gasteiger partial charge in [-0.25, -0.2) is 0 Å². The average molecular weight is 386 g/mol. The largest absolute Gasteiger partial charge is 0.342 e. The molecule has 1 atom stereocenters. The average Bonchev–Trinajstić information content (AvgIpc) is 2.75. The Morgan fingerprint density at radius 2 is 1.97 bits per heavy atom. The van der Waals surface area contributed by atoms with Gasteiger partial charge in [-0.15, -0.1) is 0 Å². The number of hydrogen-bond acceptors (Lipinski definition) is 3. The molecule has 1 saturated heterocycles. The van der Waals surface area contributed by atoms with Gasteiger partial charge in [0.05, 0.1) is 6.42 Å². The standard InChI is InChI=1S/C25H27N3O/c1-19-6-2-7-20(14-19)15-23-10-3-11-24(27-23)22-9-5-13-28(18-22)25(29)16-21-8-4-12-26-17-21/h2-4,6-8,10-12,14,17,22H,5,9,13,15-16,18H2,1H3. The predicted octanol–water partition coefficient (Wildman–Crippen LogP) is 4.32. The van der Waals surface area contributed by atoms with Crippen LogP contribution in [0.2, 0.25) is 0 Å². The molecule has 1 fully saturated rings. The molecular weight excluding hydrogens is 358 g/mol. The summed E-state index contributed by atoms with van der Waals surface area (Å²) < 4.78 is 0. The fraction of sp³-hybridized carbons (Fsp3) is 0.320. The summed E-state index contributed by atoms with van der Waals surface area (Å²) in [5, 5.41) is 0. The maximum Gasteiger partial charge on any atom is 0.227 e. The number of benzene rings is 1. The van der Waals surface area contributed by atoms with Gasteiger partial charge in [-0.05, 0) is 49.1 Å². The monoisotopic (exact) mass is 385 g/mol. The third kappa shape index (κ3) is 5.08. The van der Waals surface area contributed by atoms with E-state index < -0.39 is 0 Å². The summed E-state index contributed by atoms with van der Waals surface area (Å²) >= 11 is 0. The Bertz CT molecular complexity index is 971. The molecule has 29 heavy (non-hydrogen) atoms. The number of pyridine rings is 2. The number of aromatic nitrogens is 2. The van der Waals surface area contributed by atoms with Crippen LogP contribution in [-0.2, 0) is 17.6 Å². The van der Waals surface area contributed by atoms with Crippen LogP contribution in [0.3, 0.4) is 0 Å². The van der Waals surface area contributed by atoms with Gasteiger partial charge in [-0.1, -0.05) is 42.0 Å². The maximum atomic E-state index is 12.8. The highest BCUT2D eigenvalue weighted by Crippen LogP contribution is 2.26. The second kappa shape index (κ2) is 8.99. The van der Waals surface area contributed by atoms with Crippen LogP contribution in [0.15, 0.2) is 67.0 Å². The van der Waals surface area contributed by atoms with Crippen molar-refractivity contribution in [2.24, 2.45) is 0 Å². The molecule has 0 spiro atoms. The van der Waals surface area contributed by atoms with Crippen molar-refractivity contribution in [3.05, 3.63) is 95.1 Å². The van der Waals surface area contributed by atoms with Gasteiger partial charge >= 0.3 is 0 Å². The number of hydrogen-bond donors (Lipinski definition) is 0. The lowest BCUT2D eigenvalue weighted by Crippen LogP contribution is -2.40. The van der Waals surface area contributed by atoms with Crippen molar-refractivity contribution >= 4 is 5.91 Å². The molecule has 0 bridgehead atoms. The first-order chi connectivity index (χ1) is 14.2. The Morgan fingerprint density at radius 1 is 1.10 bits per heavy atom. The molecule has 2 aromatic heterocycles. The molecule has 3 aromatic rings. The Kier molecular flexibility index (Phi) is 5.99. The number of aryl methyl sites for hydroxylation is 1. The molecule has 148 valence electrons. The quantitative estimate of drug-likeness (QED) is 0.657. The van der Waals surface area contributed by atoms with Crippen LogP contribution in [-0.4, -0.2) is 33.9 Å². The summed E-state index contributed by atoms with van der Waals surface area (Å²) in [5.41, 5.74) is 5.72. The van der Waals surface area contributed by atoms with E-state index in [1.165, 1.54) is 11.1 Å². The van der Waals surface area contributed by atoms with E-state index in [0.717, 1.165) is 49.3 Å². The Hall–Kier alpha value is -3.01. The van der Waals surface area contributed by atoms with Crippen molar-refractivity contribution < 1.29 is 4.79 Å². The van der Waals surface area contributed by atoms with E-state index in [0.29, 0.717) is 12.3 Å². The van der Waals surface area contributed by atoms with Gasteiger partial charge in [-0.2, -0.15) is 0 Å². The zero-order valence-corrected chi connectivity index (χ0v) is 16.9. The summed E-state index contributed by atoms with van der Waals surface area (Å²) in [6, 6.07) is 18.7. The Balaban J connectivity index is 1.43. The zero-order chi connectivity index (χ0) is 20.1. The van der Waals surface area contributed by atoms with E-state index >= 15 is 0 Å². The number of nitrogens with zero attached hydrogens (tertiary/aromatic N) is 3. The molecule has 0 N–H and O–H groups in total. The van der Waals surface area contributed by atoms with Gasteiger partial charge in [0.25, 0.3) is 0 Å². The summed E-state index contributed by atoms with van der Waals surface area (Å²) in [7, 11) is 0. The smallest absolute Gasteiger partial charge is 0.227 e. The summed E-state index contributed by atoms with van der Waals surface area (Å²) in [6.45, 7) is 3.70. The highest BCUT2D eigenvalue weighted by Gasteiger charge is 2.25. The van der Waals surface area contributed by atoms with Crippen LogP contribution in [0, 0.1) is 6.92 Å². The Labute approximate surface area is 172 Å². The summed E-state index contributed by atoms with van der Waals surface area (Å²) in [5.74, 6) is 0.484. The van der Waals surface area contributed by atoms with E-state index in [-0.39, 0.29) is 5.91 Å². The van der Waals surface area contributed by atoms with Crippen LogP contribution in [0.4, 0.5) is 0 Å². The van der Waals surface area contributed by atoms with Gasteiger partial charge in [-0.3, -0.25) is 14.8 Å². The lowest BCUT2D eigenvalue weighted by atomic mass is 9.93. The molecule has 4 rings (SSSR count). The van der Waals surface area contributed by atoms with Crippen LogP contribution < -0.4 is 0 Å². The molecule has 4 heteroatoms. The minimum absolute atomic E-state index is 0.179. The SMILES string of the molecule is Cc1cccc(Cc2cccc(C3CCCN(C(=O)Cc4cccnc4)C3)n2)c1. The molecular formula is C25H27N3O. The van der Waals surface area contributed by atoms with E-state index in [1.54, 1.807) is 12.4 Å². The van der Waals surface area contributed by atoms with Gasteiger partial charge in [0.1, 0.15) is 0 Å². The zero-order valence-electron chi connectivity index (χ0n) is 16.9. The molecule has 1 aromatic carbocycles. The molecule has 1 aliphatic heterocycles. The van der Waals surface area contributed by atoms with Crippen molar-refractivity contribution in [1.29, 1.82) is 0 Å². The molecule has 3 heterocycles. The van der Waals surface area contributed by atoms with Crippen molar-refractivity contribution in [1.82, 2.24) is 14.9 Å². The summed E-state index contributed by atoms with van der Waals surface area (Å²) in [4.78, 5) is 23.8. The molecule has 1 unspecified atom stereocenters. The highest BCUT2D eigenvalue weighted by molar-refractivity contribution is 5.78. The number of carbonyl (C=O) groups is 1. The number of rotatable bonds is 5. The maximum absolute atomic E-state index is 12.8. The van der Waals surface area contributed by atoms with E-state index in [1.807, 2.05) is 17.0 Å². The Morgan fingerprint density at radius 3 is 2.79 bits per heavy atom. The van der Waals surface area contributed by atoms with Crippen molar-refractivity contribution in [3.63, 3.8) is 0 Å². The van der Waals surface area contributed by atoms with E-state index in [2.05, 4.69) is 54.4 Å². The third-order valence-corrected chi connectivity index (χ3v) is 5.57. The fourth-order valence-electron chi connectivity index (χ4n) is 4.09. The van der Waals surface area contributed by atoms with Crippen LogP contribution in [0.5, 0.6) is 0 Å². The van der Waals surface area contributed by atoms with Gasteiger partial charge in [0, 0.05) is 49.2 Å². The second-order valence-corrected chi connectivity index (χ2v) is 7.94.